The molecule has 2 atom stereocenters. The zero-order valence-corrected chi connectivity index (χ0v) is 32.9. The minimum Gasteiger partial charge on any atom is -0.373 e. The van der Waals surface area contributed by atoms with E-state index < -0.39 is 11.9 Å². The number of nitrogens with zero attached hydrogens (tertiary/aromatic N) is 15. The molecule has 20 heteroatoms. The van der Waals surface area contributed by atoms with Crippen molar-refractivity contribution in [2.45, 2.75) is 38.5 Å². The Hall–Kier alpha value is -6.41. The molecule has 0 saturated carbocycles. The van der Waals surface area contributed by atoms with Crippen molar-refractivity contribution in [2.24, 2.45) is 13.0 Å². The van der Waals surface area contributed by atoms with Gasteiger partial charge < -0.3 is 19.4 Å². The third kappa shape index (κ3) is 7.22. The van der Waals surface area contributed by atoms with Crippen molar-refractivity contribution in [3.05, 3.63) is 65.2 Å². The van der Waals surface area contributed by atoms with Crippen LogP contribution in [0.2, 0.25) is 0 Å². The fraction of sp³-hybridized carbons (Fsp3) is 0.462. The van der Waals surface area contributed by atoms with Crippen LogP contribution in [0, 0.1) is 12.8 Å². The Morgan fingerprint density at radius 3 is 2.47 bits per heavy atom. The molecule has 0 spiro atoms. The Labute approximate surface area is 337 Å². The minimum atomic E-state index is -0.784. The average Bonchev–Trinajstić information content (AvgIpc) is 3.86. The molecule has 0 radical (unpaired) electrons. The number of carbonyl (C=O) groups excluding carboxylic acids is 2. The monoisotopic (exact) mass is 800 g/mol. The second kappa shape index (κ2) is 15.1. The standard InChI is InChI=1S/C39H44N16O4/c1-24-31-13-27(3-4-30(31)38(58)55(47-24)33-5-6-34(56)45-37(33)57)51-9-7-50(8-10-51)18-25-19-53(20-25)28-15-41-39(42-16-28)52-11-12-59-29(22-52)23-54-36-35(46-48-54)44-32(17-40-36)26-14-43-49(2)21-26/h3-4,13-17,21,25,29,33H,5-12,18-20,22-23H2,1-2H3,(H,45,56,57)/t29-,33?/m0/s1. The summed E-state index contributed by atoms with van der Waals surface area (Å²) in [6.07, 6.45) is 9.51. The zero-order valence-electron chi connectivity index (χ0n) is 32.9. The molecule has 20 nitrogen and oxygen atoms in total. The summed E-state index contributed by atoms with van der Waals surface area (Å²) in [5.74, 6) is 0.451. The lowest BCUT2D eigenvalue weighted by atomic mass is 9.98. The van der Waals surface area contributed by atoms with Gasteiger partial charge in [0.2, 0.25) is 17.5 Å². The number of piperidine rings is 1. The van der Waals surface area contributed by atoms with Crippen LogP contribution in [-0.4, -0.2) is 143 Å². The molecule has 1 N–H and O–H groups in total. The normalized spacial score (nSPS) is 20.7. The largest absolute Gasteiger partial charge is 0.373 e. The van der Waals surface area contributed by atoms with Crippen LogP contribution in [0.25, 0.3) is 33.3 Å². The number of anilines is 3. The number of aryl methyl sites for hydroxylation is 2. The van der Waals surface area contributed by atoms with Crippen molar-refractivity contribution >= 4 is 51.2 Å². The summed E-state index contributed by atoms with van der Waals surface area (Å²) in [6, 6.07) is 5.07. The molecule has 0 aliphatic carbocycles. The van der Waals surface area contributed by atoms with Crippen LogP contribution in [0.3, 0.4) is 0 Å². The van der Waals surface area contributed by atoms with Crippen molar-refractivity contribution in [3.8, 4) is 11.3 Å². The van der Waals surface area contributed by atoms with Crippen LogP contribution in [0.1, 0.15) is 24.6 Å². The number of carbonyl (C=O) groups is 2. The number of piperazine rings is 1. The number of fused-ring (bicyclic) bond motifs is 2. The van der Waals surface area contributed by atoms with E-state index in [4.69, 9.17) is 14.7 Å². The lowest BCUT2D eigenvalue weighted by Crippen LogP contribution is -2.55. The number of imide groups is 1. The summed E-state index contributed by atoms with van der Waals surface area (Å²) >= 11 is 0. The molecule has 0 bridgehead atoms. The highest BCUT2D eigenvalue weighted by Gasteiger charge is 2.33. The molecule has 59 heavy (non-hydrogen) atoms. The Kier molecular flexibility index (Phi) is 9.43. The van der Waals surface area contributed by atoms with Gasteiger partial charge in [0.05, 0.1) is 66.5 Å². The SMILES string of the molecule is Cc1nn(C2CCC(=O)NC2=O)c(=O)c2ccc(N3CCN(CC4CN(c5cnc(N6CCO[C@H](Cn7nnc8nc(-c9cnn(C)c9)cnc87)C6)nc5)C4)CC3)cc12. The smallest absolute Gasteiger partial charge is 0.275 e. The molecule has 4 saturated heterocycles. The first kappa shape index (κ1) is 36.9. The highest BCUT2D eigenvalue weighted by molar-refractivity contribution is 5.99. The molecule has 6 aromatic rings. The Bertz CT molecular complexity index is 2610. The van der Waals surface area contributed by atoms with Crippen molar-refractivity contribution < 1.29 is 14.3 Å². The van der Waals surface area contributed by atoms with E-state index in [1.54, 1.807) is 21.8 Å². The summed E-state index contributed by atoms with van der Waals surface area (Å²) in [6.45, 7) is 10.9. The van der Waals surface area contributed by atoms with Crippen LogP contribution in [0.5, 0.6) is 0 Å². The Morgan fingerprint density at radius 2 is 1.69 bits per heavy atom. The maximum absolute atomic E-state index is 13.4. The van der Waals surface area contributed by atoms with E-state index in [1.807, 2.05) is 50.8 Å². The highest BCUT2D eigenvalue weighted by atomic mass is 16.5. The summed E-state index contributed by atoms with van der Waals surface area (Å²) in [5.41, 5.74) is 5.10. The lowest BCUT2D eigenvalue weighted by Gasteiger charge is -2.44. The maximum Gasteiger partial charge on any atom is 0.275 e. The predicted molar refractivity (Wildman–Crippen MR) is 216 cm³/mol. The van der Waals surface area contributed by atoms with E-state index in [0.29, 0.717) is 66.2 Å². The number of benzene rings is 1. The summed E-state index contributed by atoms with van der Waals surface area (Å²) in [7, 11) is 1.86. The number of nitrogens with one attached hydrogen (secondary N) is 1. The number of aromatic nitrogens is 11. The van der Waals surface area contributed by atoms with E-state index in [1.165, 1.54) is 4.68 Å². The molecule has 4 fully saturated rings. The van der Waals surface area contributed by atoms with Crippen LogP contribution in [0.4, 0.5) is 17.3 Å². The fourth-order valence-electron chi connectivity index (χ4n) is 8.60. The summed E-state index contributed by atoms with van der Waals surface area (Å²) < 4.78 is 10.8. The van der Waals surface area contributed by atoms with Crippen molar-refractivity contribution in [2.75, 3.05) is 80.2 Å². The van der Waals surface area contributed by atoms with Gasteiger partial charge in [0, 0.05) is 101 Å². The minimum absolute atomic E-state index is 0.142. The van der Waals surface area contributed by atoms with E-state index in [0.717, 1.165) is 68.1 Å². The van der Waals surface area contributed by atoms with Gasteiger partial charge in [0.25, 0.3) is 11.5 Å². The molecular weight excluding hydrogens is 757 g/mol. The first-order valence-corrected chi connectivity index (χ1v) is 20.1. The second-order valence-corrected chi connectivity index (χ2v) is 15.8. The Morgan fingerprint density at radius 1 is 0.864 bits per heavy atom. The number of ether oxygens (including phenoxy) is 1. The molecule has 10 rings (SSSR count). The van der Waals surface area contributed by atoms with Gasteiger partial charge in [0.15, 0.2) is 5.65 Å². The van der Waals surface area contributed by atoms with Crippen molar-refractivity contribution in [1.82, 2.24) is 64.7 Å². The average molecular weight is 801 g/mol. The molecule has 1 unspecified atom stereocenters. The third-order valence-electron chi connectivity index (χ3n) is 11.8. The molecule has 2 amide bonds. The number of rotatable bonds is 9. The highest BCUT2D eigenvalue weighted by Crippen LogP contribution is 2.28. The number of hydrogen-bond acceptors (Lipinski definition) is 16. The van der Waals surface area contributed by atoms with Crippen LogP contribution in [-0.2, 0) is 27.9 Å². The molecule has 304 valence electrons. The topological polar surface area (TPSA) is 203 Å². The molecule has 4 aliphatic rings. The quantitative estimate of drug-likeness (QED) is 0.199. The van der Waals surface area contributed by atoms with Gasteiger partial charge >= 0.3 is 0 Å². The number of amides is 2. The number of hydrogen-bond donors (Lipinski definition) is 1. The van der Waals surface area contributed by atoms with Crippen molar-refractivity contribution in [3.63, 3.8) is 0 Å². The maximum atomic E-state index is 13.4. The van der Waals surface area contributed by atoms with Gasteiger partial charge in [0.1, 0.15) is 6.04 Å². The molecule has 1 aromatic carbocycles. The predicted octanol–water partition coefficient (Wildman–Crippen LogP) is 0.572. The molecule has 9 heterocycles. The molecule has 4 aliphatic heterocycles. The molecule has 5 aromatic heterocycles. The summed E-state index contributed by atoms with van der Waals surface area (Å²) in [5, 5.41) is 20.9. The first-order valence-electron chi connectivity index (χ1n) is 20.1. The van der Waals surface area contributed by atoms with E-state index >= 15 is 0 Å². The summed E-state index contributed by atoms with van der Waals surface area (Å²) in [4.78, 5) is 65.6. The number of morpholine rings is 1. The van der Waals surface area contributed by atoms with Gasteiger partial charge in [-0.2, -0.15) is 10.2 Å². The van der Waals surface area contributed by atoms with Crippen LogP contribution >= 0.6 is 0 Å². The lowest BCUT2D eigenvalue weighted by molar-refractivity contribution is -0.136. The van der Waals surface area contributed by atoms with Crippen LogP contribution in [0.15, 0.2) is 54.0 Å². The third-order valence-corrected chi connectivity index (χ3v) is 11.8. The second-order valence-electron chi connectivity index (χ2n) is 15.8. The van der Waals surface area contributed by atoms with Gasteiger partial charge in [-0.15, -0.1) is 5.10 Å². The van der Waals surface area contributed by atoms with E-state index in [2.05, 4.69) is 55.4 Å². The molecular formula is C39H44N16O4. The van der Waals surface area contributed by atoms with Gasteiger partial charge in [-0.3, -0.25) is 29.3 Å². The van der Waals surface area contributed by atoms with Crippen molar-refractivity contribution in [1.29, 1.82) is 0 Å². The van der Waals surface area contributed by atoms with Gasteiger partial charge in [-0.1, -0.05) is 5.21 Å². The van der Waals surface area contributed by atoms with Gasteiger partial charge in [-0.25, -0.2) is 29.3 Å². The zero-order chi connectivity index (χ0) is 40.2. The van der Waals surface area contributed by atoms with E-state index in [-0.39, 0.29) is 30.4 Å². The van der Waals surface area contributed by atoms with Gasteiger partial charge in [-0.05, 0) is 31.5 Å². The fourth-order valence-corrected chi connectivity index (χ4v) is 8.60. The Balaban J connectivity index is 0.696. The van der Waals surface area contributed by atoms with Crippen LogP contribution < -0.4 is 25.6 Å². The van der Waals surface area contributed by atoms with E-state index in [9.17, 15) is 14.4 Å². The first-order chi connectivity index (χ1) is 28.7.